The molecule has 0 amide bonds. The van der Waals surface area contributed by atoms with Gasteiger partial charge < -0.3 is 21.3 Å². The summed E-state index contributed by atoms with van der Waals surface area (Å²) in [5.41, 5.74) is 8.13. The third kappa shape index (κ3) is 26.5. The summed E-state index contributed by atoms with van der Waals surface area (Å²) in [6.07, 6.45) is 6.00. The molecule has 0 aliphatic heterocycles. The Morgan fingerprint density at radius 2 is 0.982 bits per heavy atom. The SMILES string of the molecule is CC[N-]CC(Cc1ccc(N=C=S)cc1)[N-]CC.CC[N-]CC(Cc1ccc(SC#N)cc1)[N-]CC.CCc1cccc(CC)n1.CCc1cccc(CC)n1.[Eu+3]. The minimum atomic E-state index is 0. The number of rotatable bonds is 20. The van der Waals surface area contributed by atoms with Gasteiger partial charge >= 0.3 is 49.4 Å². The predicted molar refractivity (Wildman–Crippen MR) is 245 cm³/mol. The number of thioether (sulfide) groups is 1. The molecule has 57 heavy (non-hydrogen) atoms. The Bertz CT molecular complexity index is 1570. The molecule has 8 nitrogen and oxygen atoms in total. The average Bonchev–Trinajstić information content (AvgIpc) is 3.24. The first-order chi connectivity index (χ1) is 27.3. The molecule has 0 aliphatic carbocycles. The van der Waals surface area contributed by atoms with Crippen molar-refractivity contribution in [2.24, 2.45) is 4.99 Å². The van der Waals surface area contributed by atoms with Crippen LogP contribution in [0.3, 0.4) is 0 Å². The molecule has 0 N–H and O–H groups in total. The summed E-state index contributed by atoms with van der Waals surface area (Å²) in [5.74, 6) is 0. The van der Waals surface area contributed by atoms with Crippen molar-refractivity contribution in [1.82, 2.24) is 9.97 Å². The van der Waals surface area contributed by atoms with E-state index < -0.39 is 0 Å². The van der Waals surface area contributed by atoms with Crippen molar-refractivity contribution in [3.63, 3.8) is 0 Å². The summed E-state index contributed by atoms with van der Waals surface area (Å²) in [6.45, 7) is 21.8. The smallest absolute Gasteiger partial charge is 0.664 e. The number of hydrogen-bond acceptors (Lipinski definition) is 6. The summed E-state index contributed by atoms with van der Waals surface area (Å²) >= 11 is 5.77. The molecule has 308 valence electrons. The van der Waals surface area contributed by atoms with Gasteiger partial charge in [-0.3, -0.25) is 9.97 Å². The van der Waals surface area contributed by atoms with E-state index in [1.54, 1.807) is 0 Å². The molecule has 2 aromatic heterocycles. The molecule has 0 radical (unpaired) electrons. The summed E-state index contributed by atoms with van der Waals surface area (Å²) in [4.78, 5) is 13.7. The van der Waals surface area contributed by atoms with Gasteiger partial charge in [-0.15, -0.1) is 0 Å². The van der Waals surface area contributed by atoms with Crippen molar-refractivity contribution in [2.75, 3.05) is 39.3 Å². The van der Waals surface area contributed by atoms with Crippen LogP contribution in [-0.4, -0.2) is 66.5 Å². The van der Waals surface area contributed by atoms with Gasteiger partial charge in [-0.1, -0.05) is 91.8 Å². The van der Waals surface area contributed by atoms with Crippen LogP contribution in [0, 0.1) is 60.0 Å². The Kier molecular flexibility index (Phi) is 35.4. The number of likely N-dealkylation sites (N-methyl/N-ethyl adjacent to an activating group) is 4. The van der Waals surface area contributed by atoms with E-state index in [1.165, 1.54) is 45.7 Å². The fourth-order valence-corrected chi connectivity index (χ4v) is 5.83. The first kappa shape index (κ1) is 54.8. The second-order valence-corrected chi connectivity index (χ2v) is 13.6. The van der Waals surface area contributed by atoms with Crippen LogP contribution >= 0.6 is 24.0 Å². The van der Waals surface area contributed by atoms with E-state index in [0.717, 1.165) is 88.4 Å². The zero-order valence-corrected chi connectivity index (χ0v) is 39.6. The Hall–Kier alpha value is -2.20. The number of thiocyanates is 1. The average molecular weight is 945 g/mol. The number of isothiocyanates is 1. The number of aliphatic imine (C=N–C) groups is 1. The maximum absolute atomic E-state index is 8.59. The monoisotopic (exact) mass is 945 g/mol. The van der Waals surface area contributed by atoms with Crippen molar-refractivity contribution in [1.29, 1.82) is 5.26 Å². The number of hydrogen-bond donors (Lipinski definition) is 0. The van der Waals surface area contributed by atoms with Gasteiger partial charge in [0.05, 0.1) is 10.8 Å². The Morgan fingerprint density at radius 3 is 1.30 bits per heavy atom. The van der Waals surface area contributed by atoms with Crippen molar-refractivity contribution in [3.05, 3.63) is 140 Å². The Labute approximate surface area is 396 Å². The van der Waals surface area contributed by atoms with Crippen molar-refractivity contribution < 1.29 is 49.4 Å². The van der Waals surface area contributed by atoms with Crippen LogP contribution in [0.1, 0.15) is 89.3 Å². The molecule has 0 aliphatic rings. The van der Waals surface area contributed by atoms with Gasteiger partial charge in [0.25, 0.3) is 0 Å². The van der Waals surface area contributed by atoms with E-state index in [1.807, 2.05) is 24.3 Å². The Balaban J connectivity index is 0.000000755. The summed E-state index contributed by atoms with van der Waals surface area (Å²) < 4.78 is 0. The zero-order valence-electron chi connectivity index (χ0n) is 35.5. The number of nitrogens with zero attached hydrogens (tertiary/aromatic N) is 8. The molecule has 2 atom stereocenters. The van der Waals surface area contributed by atoms with Gasteiger partial charge in [-0.25, -0.2) is 0 Å². The molecule has 0 saturated heterocycles. The molecule has 0 bridgehead atoms. The summed E-state index contributed by atoms with van der Waals surface area (Å²) in [7, 11) is 0. The van der Waals surface area contributed by atoms with Crippen LogP contribution < -0.4 is 0 Å². The number of pyridine rings is 2. The first-order valence-electron chi connectivity index (χ1n) is 20.1. The third-order valence-electron chi connectivity index (χ3n) is 8.33. The molecule has 0 spiro atoms. The van der Waals surface area contributed by atoms with Gasteiger partial charge in [-0.2, -0.15) is 61.6 Å². The normalized spacial score (nSPS) is 11.0. The molecule has 0 fully saturated rings. The molecule has 0 saturated carbocycles. The molecule has 2 heterocycles. The van der Waals surface area contributed by atoms with E-state index in [2.05, 4.69) is 175 Å². The van der Waals surface area contributed by atoms with Gasteiger partial charge in [0, 0.05) is 27.7 Å². The van der Waals surface area contributed by atoms with Crippen LogP contribution in [0.25, 0.3) is 21.3 Å². The second-order valence-electron chi connectivity index (χ2n) is 12.5. The van der Waals surface area contributed by atoms with Gasteiger partial charge in [-0.05, 0) is 122 Å². The van der Waals surface area contributed by atoms with Crippen LogP contribution in [0.2, 0.25) is 0 Å². The van der Waals surface area contributed by atoms with Crippen molar-refractivity contribution in [3.8, 4) is 5.40 Å². The fourth-order valence-electron chi connectivity index (χ4n) is 5.34. The molecule has 11 heteroatoms. The van der Waals surface area contributed by atoms with Crippen LogP contribution in [0.4, 0.5) is 5.69 Å². The number of benzene rings is 2. The van der Waals surface area contributed by atoms with Crippen molar-refractivity contribution in [2.45, 2.75) is 111 Å². The molecule has 2 aromatic carbocycles. The quantitative estimate of drug-likeness (QED) is 0.0378. The minimum Gasteiger partial charge on any atom is -0.664 e. The minimum absolute atomic E-state index is 0. The van der Waals surface area contributed by atoms with E-state index in [-0.39, 0.29) is 61.5 Å². The van der Waals surface area contributed by atoms with Crippen LogP contribution in [0.15, 0.2) is 94.8 Å². The fraction of sp³-hybridized carbons (Fsp3) is 0.478. The topological polar surface area (TPSA) is 118 Å². The molecular weight excluding hydrogens is 881 g/mol. The van der Waals surface area contributed by atoms with Gasteiger partial charge in [0.2, 0.25) is 0 Å². The van der Waals surface area contributed by atoms with Gasteiger partial charge in [0.1, 0.15) is 5.40 Å². The van der Waals surface area contributed by atoms with E-state index in [9.17, 15) is 0 Å². The van der Waals surface area contributed by atoms with E-state index in [4.69, 9.17) is 5.26 Å². The van der Waals surface area contributed by atoms with Crippen molar-refractivity contribution >= 4 is 34.8 Å². The summed E-state index contributed by atoms with van der Waals surface area (Å²) in [5, 5.41) is 31.0. The van der Waals surface area contributed by atoms with Crippen LogP contribution in [-0.2, 0) is 38.5 Å². The molecular formula is C46H64EuN8S2-. The predicted octanol–water partition coefficient (Wildman–Crippen LogP) is 12.5. The number of aromatic nitrogens is 2. The first-order valence-corrected chi connectivity index (χ1v) is 21.4. The standard InChI is InChI=1S/2C14H19N3S.2C9H13N.Eu/c1-3-16-10-13(17-4-2)9-12-5-7-14(8-6-12)18-11-15;1-3-15-10-14(16-4-2)9-12-5-7-13(8-6-12)17-11-18;2*1-3-8-6-5-7-9(4-2)10-8;/h5-8,13H,3-4,9-10H2,1-2H3;5-8,14H,3-4,9-10H2,1-2H3;2*5-7H,3-4H2,1-2H3;/q2*-2;;;+3. The maximum Gasteiger partial charge on any atom is 3.00 e. The van der Waals surface area contributed by atoms with E-state index >= 15 is 0 Å². The zero-order chi connectivity index (χ0) is 41.2. The maximum atomic E-state index is 8.59. The number of nitriles is 1. The summed E-state index contributed by atoms with van der Waals surface area (Å²) in [6, 6.07) is 29.2. The Morgan fingerprint density at radius 1 is 0.596 bits per heavy atom. The van der Waals surface area contributed by atoms with Gasteiger partial charge in [0.15, 0.2) is 0 Å². The van der Waals surface area contributed by atoms with E-state index in [0.29, 0.717) is 0 Å². The molecule has 4 aromatic rings. The molecule has 2 unspecified atom stereocenters. The third-order valence-corrected chi connectivity index (χ3v) is 9.02. The second kappa shape index (κ2) is 36.9. The number of thiocarbonyl (C=S) groups is 1. The van der Waals surface area contributed by atoms with Crippen LogP contribution in [0.5, 0.6) is 0 Å². The number of aryl methyl sites for hydroxylation is 4. The largest absolute Gasteiger partial charge is 3.00 e. The molecule has 4 rings (SSSR count).